The minimum atomic E-state index is -0.163. The number of benzene rings is 1. The Morgan fingerprint density at radius 1 is 1.24 bits per heavy atom. The Morgan fingerprint density at radius 3 is 2.90 bits per heavy atom. The van der Waals surface area contributed by atoms with Gasteiger partial charge in [-0.05, 0) is 35.6 Å². The lowest BCUT2D eigenvalue weighted by Crippen LogP contribution is -2.19. The Balaban J connectivity index is 1.80. The van der Waals surface area contributed by atoms with Crippen molar-refractivity contribution in [2.45, 2.75) is 26.3 Å². The van der Waals surface area contributed by atoms with E-state index in [0.29, 0.717) is 5.56 Å². The number of thiophene rings is 1. The van der Waals surface area contributed by atoms with Crippen LogP contribution >= 0.6 is 11.3 Å². The van der Waals surface area contributed by atoms with Gasteiger partial charge in [0, 0.05) is 30.1 Å². The Hall–Kier alpha value is -1.23. The summed E-state index contributed by atoms with van der Waals surface area (Å²) in [7, 11) is 0. The number of halogens is 1. The Kier molecular flexibility index (Phi) is 6.86. The second-order valence-electron chi connectivity index (χ2n) is 4.93. The third-order valence-corrected chi connectivity index (χ3v) is 4.12. The van der Waals surface area contributed by atoms with Crippen LogP contribution in [0.1, 0.15) is 25.3 Å². The Labute approximate surface area is 130 Å². The first-order valence-corrected chi connectivity index (χ1v) is 8.30. The molecule has 2 rings (SSSR count). The molecule has 1 heterocycles. The number of rotatable bonds is 9. The molecule has 0 aliphatic rings. The van der Waals surface area contributed by atoms with Gasteiger partial charge in [-0.1, -0.05) is 25.5 Å². The molecule has 1 aromatic heterocycles. The maximum atomic E-state index is 13.9. The van der Waals surface area contributed by atoms with Gasteiger partial charge < -0.3 is 10.1 Å². The number of hydrogen-bond donors (Lipinski definition) is 1. The molecule has 0 bridgehead atoms. The van der Waals surface area contributed by atoms with Crippen LogP contribution in [0.3, 0.4) is 0 Å². The van der Waals surface area contributed by atoms with E-state index in [1.807, 2.05) is 29.6 Å². The topological polar surface area (TPSA) is 21.3 Å². The molecule has 21 heavy (non-hydrogen) atoms. The van der Waals surface area contributed by atoms with Crippen LogP contribution in [-0.2, 0) is 11.3 Å². The first-order chi connectivity index (χ1) is 10.3. The van der Waals surface area contributed by atoms with Crippen LogP contribution in [0.15, 0.2) is 35.7 Å². The zero-order chi connectivity index (χ0) is 14.9. The van der Waals surface area contributed by atoms with Crippen LogP contribution in [0.25, 0.3) is 10.4 Å². The van der Waals surface area contributed by atoms with Crippen LogP contribution in [-0.4, -0.2) is 19.8 Å². The SMILES string of the molecule is CCCCOCCNCc1ccc(F)c(-c2cccs2)c1. The molecular weight excluding hydrogens is 285 g/mol. The van der Waals surface area contributed by atoms with Gasteiger partial charge in [0.15, 0.2) is 0 Å². The third kappa shape index (κ3) is 5.23. The van der Waals surface area contributed by atoms with Crippen molar-refractivity contribution < 1.29 is 9.13 Å². The summed E-state index contributed by atoms with van der Waals surface area (Å²) < 4.78 is 19.4. The van der Waals surface area contributed by atoms with E-state index < -0.39 is 0 Å². The summed E-state index contributed by atoms with van der Waals surface area (Å²) in [5.74, 6) is -0.163. The minimum absolute atomic E-state index is 0.163. The lowest BCUT2D eigenvalue weighted by Gasteiger charge is -2.08. The van der Waals surface area contributed by atoms with Gasteiger partial charge in [-0.15, -0.1) is 11.3 Å². The predicted molar refractivity (Wildman–Crippen MR) is 87.1 cm³/mol. The van der Waals surface area contributed by atoms with Crippen LogP contribution < -0.4 is 5.32 Å². The largest absolute Gasteiger partial charge is 0.380 e. The molecular formula is C17H22FNOS. The van der Waals surface area contributed by atoms with E-state index in [9.17, 15) is 4.39 Å². The van der Waals surface area contributed by atoms with Gasteiger partial charge in [-0.3, -0.25) is 0 Å². The second kappa shape index (κ2) is 8.93. The van der Waals surface area contributed by atoms with Crippen molar-refractivity contribution in [3.8, 4) is 10.4 Å². The molecule has 0 spiro atoms. The first-order valence-electron chi connectivity index (χ1n) is 7.42. The fourth-order valence-electron chi connectivity index (χ4n) is 2.03. The Morgan fingerprint density at radius 2 is 2.14 bits per heavy atom. The molecule has 0 amide bonds. The lowest BCUT2D eigenvalue weighted by atomic mass is 10.1. The van der Waals surface area contributed by atoms with Crippen LogP contribution in [0.5, 0.6) is 0 Å². The molecule has 0 aliphatic heterocycles. The predicted octanol–water partition coefficient (Wildman–Crippen LogP) is 4.46. The van der Waals surface area contributed by atoms with E-state index in [4.69, 9.17) is 4.74 Å². The quantitative estimate of drug-likeness (QED) is 0.691. The molecule has 4 heteroatoms. The van der Waals surface area contributed by atoms with E-state index >= 15 is 0 Å². The monoisotopic (exact) mass is 307 g/mol. The molecule has 0 aliphatic carbocycles. The summed E-state index contributed by atoms with van der Waals surface area (Å²) >= 11 is 1.56. The fourth-order valence-corrected chi connectivity index (χ4v) is 2.77. The molecule has 114 valence electrons. The van der Waals surface area contributed by atoms with Gasteiger partial charge in [0.05, 0.1) is 6.61 Å². The molecule has 0 saturated carbocycles. The summed E-state index contributed by atoms with van der Waals surface area (Å²) in [5.41, 5.74) is 1.77. The summed E-state index contributed by atoms with van der Waals surface area (Å²) in [6, 6.07) is 9.19. The standard InChI is InChI=1S/C17H22FNOS/c1-2-3-9-20-10-8-19-13-14-6-7-16(18)15(12-14)17-5-4-11-21-17/h4-7,11-12,19H,2-3,8-10,13H2,1H3. The summed E-state index contributed by atoms with van der Waals surface area (Å²) in [5, 5.41) is 5.29. The van der Waals surface area contributed by atoms with Gasteiger partial charge in [-0.25, -0.2) is 4.39 Å². The Bertz CT molecular complexity index is 528. The zero-order valence-electron chi connectivity index (χ0n) is 12.4. The summed E-state index contributed by atoms with van der Waals surface area (Å²) in [6.45, 7) is 5.25. The van der Waals surface area contributed by atoms with Crippen molar-refractivity contribution >= 4 is 11.3 Å². The molecule has 0 unspecified atom stereocenters. The van der Waals surface area contributed by atoms with Crippen molar-refractivity contribution in [1.29, 1.82) is 0 Å². The van der Waals surface area contributed by atoms with Crippen molar-refractivity contribution in [3.63, 3.8) is 0 Å². The number of hydrogen-bond acceptors (Lipinski definition) is 3. The fraction of sp³-hybridized carbons (Fsp3) is 0.412. The maximum absolute atomic E-state index is 13.9. The average molecular weight is 307 g/mol. The molecule has 1 N–H and O–H groups in total. The molecule has 2 aromatic rings. The van der Waals surface area contributed by atoms with Gasteiger partial charge in [0.1, 0.15) is 5.82 Å². The van der Waals surface area contributed by atoms with Gasteiger partial charge in [0.25, 0.3) is 0 Å². The number of ether oxygens (including phenoxy) is 1. The van der Waals surface area contributed by atoms with E-state index in [2.05, 4.69) is 12.2 Å². The lowest BCUT2D eigenvalue weighted by molar-refractivity contribution is 0.133. The molecule has 0 radical (unpaired) electrons. The van der Waals surface area contributed by atoms with Crippen LogP contribution in [0, 0.1) is 5.82 Å². The van der Waals surface area contributed by atoms with E-state index in [0.717, 1.165) is 49.6 Å². The molecule has 0 saturated heterocycles. The molecule has 0 fully saturated rings. The number of nitrogens with one attached hydrogen (secondary N) is 1. The summed E-state index contributed by atoms with van der Waals surface area (Å²) in [6.07, 6.45) is 2.27. The molecule has 2 nitrogen and oxygen atoms in total. The van der Waals surface area contributed by atoms with Gasteiger partial charge >= 0.3 is 0 Å². The van der Waals surface area contributed by atoms with Gasteiger partial charge in [0.2, 0.25) is 0 Å². The molecule has 1 aromatic carbocycles. The normalized spacial score (nSPS) is 11.0. The van der Waals surface area contributed by atoms with Crippen LogP contribution in [0.4, 0.5) is 4.39 Å². The smallest absolute Gasteiger partial charge is 0.131 e. The maximum Gasteiger partial charge on any atom is 0.131 e. The van der Waals surface area contributed by atoms with Crippen molar-refractivity contribution in [2.75, 3.05) is 19.8 Å². The average Bonchev–Trinajstić information content (AvgIpc) is 3.02. The van der Waals surface area contributed by atoms with Crippen molar-refractivity contribution in [1.82, 2.24) is 5.32 Å². The third-order valence-electron chi connectivity index (χ3n) is 3.21. The van der Waals surface area contributed by atoms with E-state index in [1.165, 1.54) is 0 Å². The second-order valence-corrected chi connectivity index (χ2v) is 5.88. The highest BCUT2D eigenvalue weighted by atomic mass is 32.1. The van der Waals surface area contributed by atoms with Gasteiger partial charge in [-0.2, -0.15) is 0 Å². The zero-order valence-corrected chi connectivity index (χ0v) is 13.2. The highest BCUT2D eigenvalue weighted by Gasteiger charge is 2.07. The van der Waals surface area contributed by atoms with Crippen LogP contribution in [0.2, 0.25) is 0 Å². The van der Waals surface area contributed by atoms with Crippen molar-refractivity contribution in [2.24, 2.45) is 0 Å². The highest BCUT2D eigenvalue weighted by molar-refractivity contribution is 7.13. The van der Waals surface area contributed by atoms with E-state index in [1.54, 1.807) is 17.4 Å². The molecule has 0 atom stereocenters. The number of unbranched alkanes of at least 4 members (excludes halogenated alkanes) is 1. The highest BCUT2D eigenvalue weighted by Crippen LogP contribution is 2.28. The summed E-state index contributed by atoms with van der Waals surface area (Å²) in [4.78, 5) is 0.970. The minimum Gasteiger partial charge on any atom is -0.380 e. The first kappa shape index (κ1) is 16.1. The van der Waals surface area contributed by atoms with E-state index in [-0.39, 0.29) is 5.82 Å². The van der Waals surface area contributed by atoms with Crippen molar-refractivity contribution in [3.05, 3.63) is 47.1 Å².